The Morgan fingerprint density at radius 2 is 1.71 bits per heavy atom. The SMILES string of the molecule is CCc1cnc(N2CCC(n3nnc4cc(-c5cc(C)c(C(=O)O)c(C)c5)ncc43)CC2)nc1. The van der Waals surface area contributed by atoms with Gasteiger partial charge in [-0.15, -0.1) is 5.10 Å². The van der Waals surface area contributed by atoms with Crippen LogP contribution < -0.4 is 4.90 Å². The van der Waals surface area contributed by atoms with E-state index in [1.165, 1.54) is 0 Å². The van der Waals surface area contributed by atoms with Gasteiger partial charge in [-0.05, 0) is 68.0 Å². The van der Waals surface area contributed by atoms with Gasteiger partial charge in [0.2, 0.25) is 5.95 Å². The summed E-state index contributed by atoms with van der Waals surface area (Å²) >= 11 is 0. The van der Waals surface area contributed by atoms with Crippen LogP contribution in [0, 0.1) is 13.8 Å². The number of aromatic nitrogens is 6. The van der Waals surface area contributed by atoms with E-state index in [1.54, 1.807) is 0 Å². The average molecular weight is 458 g/mol. The molecule has 174 valence electrons. The minimum absolute atomic E-state index is 0.239. The van der Waals surface area contributed by atoms with E-state index in [0.717, 1.165) is 66.2 Å². The Labute approximate surface area is 197 Å². The first kappa shape index (κ1) is 21.9. The number of anilines is 1. The van der Waals surface area contributed by atoms with Gasteiger partial charge in [-0.25, -0.2) is 19.4 Å². The molecular weight excluding hydrogens is 430 g/mol. The van der Waals surface area contributed by atoms with Gasteiger partial charge >= 0.3 is 5.97 Å². The Morgan fingerprint density at radius 3 is 2.32 bits per heavy atom. The van der Waals surface area contributed by atoms with Crippen molar-refractivity contribution < 1.29 is 9.90 Å². The number of pyridine rings is 1. The summed E-state index contributed by atoms with van der Waals surface area (Å²) in [6.45, 7) is 7.44. The third-order valence-corrected chi connectivity index (χ3v) is 6.59. The van der Waals surface area contributed by atoms with Crippen LogP contribution in [0.2, 0.25) is 0 Å². The zero-order valence-electron chi connectivity index (χ0n) is 19.6. The number of aromatic carboxylic acids is 1. The highest BCUT2D eigenvalue weighted by atomic mass is 16.4. The molecule has 0 unspecified atom stereocenters. The summed E-state index contributed by atoms with van der Waals surface area (Å²) in [6, 6.07) is 5.88. The molecule has 9 nitrogen and oxygen atoms in total. The van der Waals surface area contributed by atoms with Gasteiger partial charge in [0.15, 0.2) is 0 Å². The van der Waals surface area contributed by atoms with Crippen LogP contribution in [0.25, 0.3) is 22.3 Å². The van der Waals surface area contributed by atoms with E-state index in [4.69, 9.17) is 0 Å². The van der Waals surface area contributed by atoms with Crippen LogP contribution in [-0.4, -0.2) is 54.1 Å². The van der Waals surface area contributed by atoms with Crippen molar-refractivity contribution in [3.8, 4) is 11.3 Å². The van der Waals surface area contributed by atoms with Crippen molar-refractivity contribution in [2.24, 2.45) is 0 Å². The topological polar surface area (TPSA) is 110 Å². The van der Waals surface area contributed by atoms with Crippen molar-refractivity contribution in [1.29, 1.82) is 0 Å². The quantitative estimate of drug-likeness (QED) is 0.479. The number of piperidine rings is 1. The van der Waals surface area contributed by atoms with E-state index in [-0.39, 0.29) is 6.04 Å². The van der Waals surface area contributed by atoms with Crippen LogP contribution in [0.15, 0.2) is 36.8 Å². The molecule has 34 heavy (non-hydrogen) atoms. The molecule has 0 bridgehead atoms. The fourth-order valence-electron chi connectivity index (χ4n) is 4.72. The third kappa shape index (κ3) is 3.98. The van der Waals surface area contributed by atoms with Gasteiger partial charge in [-0.1, -0.05) is 12.1 Å². The monoisotopic (exact) mass is 457 g/mol. The lowest BCUT2D eigenvalue weighted by Gasteiger charge is -2.32. The number of benzene rings is 1. The average Bonchev–Trinajstić information content (AvgIpc) is 3.27. The molecule has 9 heteroatoms. The van der Waals surface area contributed by atoms with Gasteiger partial charge in [-0.3, -0.25) is 4.98 Å². The minimum Gasteiger partial charge on any atom is -0.478 e. The second-order valence-corrected chi connectivity index (χ2v) is 8.85. The first-order chi connectivity index (χ1) is 16.4. The number of fused-ring (bicyclic) bond motifs is 1. The number of carboxylic acid groups (broad SMARTS) is 1. The molecule has 1 fully saturated rings. The third-order valence-electron chi connectivity index (χ3n) is 6.59. The van der Waals surface area contributed by atoms with Crippen LogP contribution in [0.3, 0.4) is 0 Å². The van der Waals surface area contributed by atoms with Crippen LogP contribution in [0.1, 0.15) is 52.9 Å². The van der Waals surface area contributed by atoms with Crippen molar-refractivity contribution >= 4 is 23.0 Å². The smallest absolute Gasteiger partial charge is 0.336 e. The summed E-state index contributed by atoms with van der Waals surface area (Å²) in [5.41, 5.74) is 6.23. The fourth-order valence-corrected chi connectivity index (χ4v) is 4.72. The fraction of sp³-hybridized carbons (Fsp3) is 0.360. The lowest BCUT2D eigenvalue weighted by molar-refractivity contribution is 0.0695. The van der Waals surface area contributed by atoms with Crippen LogP contribution in [-0.2, 0) is 6.42 Å². The number of carboxylic acids is 1. The molecule has 1 aromatic carbocycles. The maximum atomic E-state index is 11.5. The van der Waals surface area contributed by atoms with E-state index >= 15 is 0 Å². The maximum Gasteiger partial charge on any atom is 0.336 e. The molecule has 5 rings (SSSR count). The Hall–Kier alpha value is -3.88. The van der Waals surface area contributed by atoms with Crippen molar-refractivity contribution in [2.45, 2.75) is 46.1 Å². The summed E-state index contributed by atoms with van der Waals surface area (Å²) in [6.07, 6.45) is 8.41. The van der Waals surface area contributed by atoms with Crippen molar-refractivity contribution in [2.75, 3.05) is 18.0 Å². The summed E-state index contributed by atoms with van der Waals surface area (Å²) in [5.74, 6) is -0.131. The molecule has 1 N–H and O–H groups in total. The molecule has 3 aromatic heterocycles. The van der Waals surface area contributed by atoms with Crippen molar-refractivity contribution in [3.05, 3.63) is 59.0 Å². The van der Waals surface area contributed by atoms with Gasteiger partial charge in [0.1, 0.15) is 11.0 Å². The van der Waals surface area contributed by atoms with E-state index in [0.29, 0.717) is 16.7 Å². The number of aryl methyl sites for hydroxylation is 3. The van der Waals surface area contributed by atoms with Gasteiger partial charge in [0.05, 0.1) is 23.5 Å². The Bertz CT molecular complexity index is 1330. The summed E-state index contributed by atoms with van der Waals surface area (Å²) < 4.78 is 1.98. The van der Waals surface area contributed by atoms with Crippen molar-refractivity contribution in [1.82, 2.24) is 29.9 Å². The number of hydrogen-bond donors (Lipinski definition) is 1. The molecule has 4 heterocycles. The Balaban J connectivity index is 1.35. The van der Waals surface area contributed by atoms with Crippen LogP contribution in [0.4, 0.5) is 5.95 Å². The predicted octanol–water partition coefficient (Wildman–Crippen LogP) is 4.00. The van der Waals surface area contributed by atoms with E-state index < -0.39 is 5.97 Å². The normalized spacial score (nSPS) is 14.6. The molecule has 0 aliphatic carbocycles. The molecule has 1 aliphatic heterocycles. The van der Waals surface area contributed by atoms with E-state index in [1.807, 2.05) is 55.3 Å². The number of rotatable bonds is 5. The largest absolute Gasteiger partial charge is 0.478 e. The molecule has 0 saturated carbocycles. The molecule has 1 saturated heterocycles. The number of nitrogens with zero attached hydrogens (tertiary/aromatic N) is 7. The van der Waals surface area contributed by atoms with E-state index in [2.05, 4.69) is 37.1 Å². The van der Waals surface area contributed by atoms with Gasteiger partial charge < -0.3 is 10.0 Å². The van der Waals surface area contributed by atoms with Crippen molar-refractivity contribution in [3.63, 3.8) is 0 Å². The zero-order valence-corrected chi connectivity index (χ0v) is 19.6. The van der Waals surface area contributed by atoms with Gasteiger partial charge in [-0.2, -0.15) is 0 Å². The highest BCUT2D eigenvalue weighted by Crippen LogP contribution is 2.29. The minimum atomic E-state index is -0.913. The maximum absolute atomic E-state index is 11.5. The summed E-state index contributed by atoms with van der Waals surface area (Å²) in [7, 11) is 0. The number of carbonyl (C=O) groups is 1. The first-order valence-corrected chi connectivity index (χ1v) is 11.6. The first-order valence-electron chi connectivity index (χ1n) is 11.6. The Kier molecular flexibility index (Phi) is 5.69. The molecule has 0 radical (unpaired) electrons. The molecular formula is C25H27N7O2. The molecule has 0 amide bonds. The second-order valence-electron chi connectivity index (χ2n) is 8.85. The lowest BCUT2D eigenvalue weighted by Crippen LogP contribution is -2.36. The van der Waals surface area contributed by atoms with Crippen LogP contribution >= 0.6 is 0 Å². The molecule has 0 spiro atoms. The summed E-state index contributed by atoms with van der Waals surface area (Å²) in [4.78, 5) is 27.4. The standard InChI is InChI=1S/C25H27N7O2/c1-4-17-12-27-25(28-13-17)31-7-5-19(6-8-31)32-22-14-26-20(11-21(22)29-30-32)18-9-15(2)23(24(33)34)16(3)10-18/h9-14,19H,4-8H2,1-3H3,(H,33,34). The predicted molar refractivity (Wildman–Crippen MR) is 129 cm³/mol. The highest BCUT2D eigenvalue weighted by molar-refractivity contribution is 5.92. The van der Waals surface area contributed by atoms with Crippen LogP contribution in [0.5, 0.6) is 0 Å². The zero-order chi connectivity index (χ0) is 23.8. The molecule has 0 atom stereocenters. The number of hydrogen-bond acceptors (Lipinski definition) is 7. The van der Waals surface area contributed by atoms with E-state index in [9.17, 15) is 9.90 Å². The van der Waals surface area contributed by atoms with Gasteiger partial charge in [0, 0.05) is 31.0 Å². The second kappa shape index (κ2) is 8.81. The highest BCUT2D eigenvalue weighted by Gasteiger charge is 2.24. The Morgan fingerprint density at radius 1 is 1.03 bits per heavy atom. The molecule has 1 aliphatic rings. The molecule has 4 aromatic rings. The van der Waals surface area contributed by atoms with Gasteiger partial charge in [0.25, 0.3) is 0 Å². The lowest BCUT2D eigenvalue weighted by atomic mass is 9.97. The summed E-state index contributed by atoms with van der Waals surface area (Å²) in [5, 5.41) is 18.3.